The second-order valence-electron chi connectivity index (χ2n) is 5.97. The minimum atomic E-state index is -3.81. The number of benzene rings is 2. The molecule has 0 unspecified atom stereocenters. The molecule has 0 spiro atoms. The van der Waals surface area contributed by atoms with Gasteiger partial charge in [0.05, 0.1) is 18.0 Å². The highest BCUT2D eigenvalue weighted by Gasteiger charge is 2.23. The number of hydrogen-bond donors (Lipinski definition) is 2. The Hall–Kier alpha value is -2.91. The number of carbonyl (C=O) groups excluding carboxylic acids is 2. The van der Waals surface area contributed by atoms with Gasteiger partial charge in [-0.05, 0) is 55.5 Å². The molecule has 2 amide bonds. The van der Waals surface area contributed by atoms with Crippen LogP contribution < -0.4 is 15.4 Å². The molecule has 2 aromatic rings. The summed E-state index contributed by atoms with van der Waals surface area (Å²) in [5, 5.41) is 5.24. The van der Waals surface area contributed by atoms with Gasteiger partial charge in [0.25, 0.3) is 0 Å². The molecule has 150 valence electrons. The number of likely N-dealkylation sites (N-methyl/N-ethyl adjacent to an activating group) is 1. The van der Waals surface area contributed by atoms with E-state index in [1.54, 1.807) is 36.4 Å². The lowest BCUT2D eigenvalue weighted by atomic mass is 10.2. The van der Waals surface area contributed by atoms with Crippen molar-refractivity contribution < 1.29 is 22.7 Å². The average Bonchev–Trinajstić information content (AvgIpc) is 2.63. The van der Waals surface area contributed by atoms with E-state index in [1.807, 2.05) is 6.92 Å². The van der Waals surface area contributed by atoms with Crippen molar-refractivity contribution >= 4 is 33.2 Å². The molecule has 2 N–H and O–H groups in total. The van der Waals surface area contributed by atoms with Gasteiger partial charge in [0.15, 0.2) is 0 Å². The van der Waals surface area contributed by atoms with Crippen LogP contribution in [0.2, 0.25) is 0 Å². The van der Waals surface area contributed by atoms with Crippen molar-refractivity contribution in [2.45, 2.75) is 18.7 Å². The molecule has 0 aliphatic heterocycles. The molecule has 0 bridgehead atoms. The van der Waals surface area contributed by atoms with Crippen LogP contribution in [-0.2, 0) is 19.6 Å². The molecule has 0 aliphatic rings. The Labute approximate surface area is 164 Å². The summed E-state index contributed by atoms with van der Waals surface area (Å²) in [4.78, 5) is 23.3. The Morgan fingerprint density at radius 3 is 2.00 bits per heavy atom. The molecule has 0 fully saturated rings. The highest BCUT2D eigenvalue weighted by atomic mass is 32.2. The Morgan fingerprint density at radius 2 is 1.50 bits per heavy atom. The normalized spacial score (nSPS) is 11.1. The minimum absolute atomic E-state index is 0.0749. The van der Waals surface area contributed by atoms with Crippen LogP contribution in [0.1, 0.15) is 13.8 Å². The first-order valence-electron chi connectivity index (χ1n) is 8.59. The maximum atomic E-state index is 12.6. The molecule has 28 heavy (non-hydrogen) atoms. The van der Waals surface area contributed by atoms with Crippen molar-refractivity contribution in [2.75, 3.05) is 30.8 Å². The minimum Gasteiger partial charge on any atom is -0.494 e. The molecule has 0 saturated carbocycles. The number of hydrogen-bond acceptors (Lipinski definition) is 5. The third kappa shape index (κ3) is 5.80. The first-order chi connectivity index (χ1) is 13.2. The molecule has 2 rings (SSSR count). The van der Waals surface area contributed by atoms with Crippen molar-refractivity contribution in [2.24, 2.45) is 0 Å². The van der Waals surface area contributed by atoms with Gasteiger partial charge < -0.3 is 15.4 Å². The number of rotatable bonds is 8. The van der Waals surface area contributed by atoms with E-state index in [-0.39, 0.29) is 17.3 Å². The molecule has 8 nitrogen and oxygen atoms in total. The molecule has 0 atom stereocenters. The molecule has 9 heteroatoms. The zero-order valence-corrected chi connectivity index (χ0v) is 16.7. The van der Waals surface area contributed by atoms with E-state index in [2.05, 4.69) is 10.6 Å². The Balaban J connectivity index is 1.99. The largest absolute Gasteiger partial charge is 0.494 e. The van der Waals surface area contributed by atoms with Crippen LogP contribution in [0.25, 0.3) is 0 Å². The summed E-state index contributed by atoms with van der Waals surface area (Å²) in [7, 11) is -2.47. The van der Waals surface area contributed by atoms with Crippen molar-refractivity contribution in [3.63, 3.8) is 0 Å². The van der Waals surface area contributed by atoms with Crippen LogP contribution >= 0.6 is 0 Å². The van der Waals surface area contributed by atoms with Crippen LogP contribution in [0.3, 0.4) is 0 Å². The van der Waals surface area contributed by atoms with Gasteiger partial charge in [0.1, 0.15) is 5.75 Å². The lowest BCUT2D eigenvalue weighted by Gasteiger charge is -2.17. The predicted octanol–water partition coefficient (Wildman–Crippen LogP) is 2.30. The number of amides is 2. The van der Waals surface area contributed by atoms with Gasteiger partial charge >= 0.3 is 0 Å². The van der Waals surface area contributed by atoms with E-state index in [0.29, 0.717) is 23.7 Å². The first kappa shape index (κ1) is 21.4. The summed E-state index contributed by atoms with van der Waals surface area (Å²) < 4.78 is 31.5. The van der Waals surface area contributed by atoms with Gasteiger partial charge in [-0.1, -0.05) is 0 Å². The van der Waals surface area contributed by atoms with E-state index in [0.717, 1.165) is 4.31 Å². The number of ether oxygens (including phenoxy) is 1. The monoisotopic (exact) mass is 405 g/mol. The summed E-state index contributed by atoms with van der Waals surface area (Å²) in [6.45, 7) is 3.38. The van der Waals surface area contributed by atoms with Crippen LogP contribution in [0.5, 0.6) is 5.75 Å². The summed E-state index contributed by atoms with van der Waals surface area (Å²) >= 11 is 0. The van der Waals surface area contributed by atoms with Gasteiger partial charge in [-0.15, -0.1) is 0 Å². The molecule has 0 heterocycles. The van der Waals surface area contributed by atoms with Gasteiger partial charge in [0, 0.05) is 25.3 Å². The smallest absolute Gasteiger partial charge is 0.243 e. The fourth-order valence-corrected chi connectivity index (χ4v) is 3.51. The van der Waals surface area contributed by atoms with E-state index >= 15 is 0 Å². The molecular weight excluding hydrogens is 382 g/mol. The van der Waals surface area contributed by atoms with Crippen molar-refractivity contribution in [1.29, 1.82) is 0 Å². The molecule has 0 aliphatic carbocycles. The first-order valence-corrected chi connectivity index (χ1v) is 10.0. The highest BCUT2D eigenvalue weighted by molar-refractivity contribution is 7.89. The number of sulfonamides is 1. The second kappa shape index (κ2) is 9.34. The Bertz CT molecular complexity index is 925. The van der Waals surface area contributed by atoms with E-state index in [9.17, 15) is 18.0 Å². The lowest BCUT2D eigenvalue weighted by Crippen LogP contribution is -2.34. The lowest BCUT2D eigenvalue weighted by molar-refractivity contribution is -0.116. The summed E-state index contributed by atoms with van der Waals surface area (Å²) in [5.41, 5.74) is 1.09. The van der Waals surface area contributed by atoms with E-state index < -0.39 is 15.9 Å². The summed E-state index contributed by atoms with van der Waals surface area (Å²) in [5.74, 6) is -0.105. The molecule has 2 aromatic carbocycles. The van der Waals surface area contributed by atoms with Crippen molar-refractivity contribution in [1.82, 2.24) is 4.31 Å². The fourth-order valence-electron chi connectivity index (χ4n) is 2.38. The zero-order chi connectivity index (χ0) is 20.7. The number of carbonyl (C=O) groups is 2. The number of anilines is 2. The quantitative estimate of drug-likeness (QED) is 0.701. The zero-order valence-electron chi connectivity index (χ0n) is 15.9. The highest BCUT2D eigenvalue weighted by Crippen LogP contribution is 2.19. The third-order valence-electron chi connectivity index (χ3n) is 3.70. The van der Waals surface area contributed by atoms with Crippen molar-refractivity contribution in [3.05, 3.63) is 48.5 Å². The average molecular weight is 405 g/mol. The molecule has 0 radical (unpaired) electrons. The van der Waals surface area contributed by atoms with Gasteiger partial charge in [-0.2, -0.15) is 4.31 Å². The predicted molar refractivity (Wildman–Crippen MR) is 107 cm³/mol. The van der Waals surface area contributed by atoms with E-state index in [1.165, 1.54) is 26.1 Å². The van der Waals surface area contributed by atoms with Crippen LogP contribution in [-0.4, -0.2) is 44.7 Å². The number of nitrogens with zero attached hydrogens (tertiary/aromatic N) is 1. The molecule has 0 aromatic heterocycles. The van der Waals surface area contributed by atoms with Crippen LogP contribution in [0, 0.1) is 0 Å². The Kier molecular flexibility index (Phi) is 7.13. The maximum Gasteiger partial charge on any atom is 0.243 e. The summed E-state index contributed by atoms with van der Waals surface area (Å²) in [6, 6.07) is 12.5. The molecular formula is C19H23N3O5S. The number of nitrogens with one attached hydrogen (secondary N) is 2. The van der Waals surface area contributed by atoms with E-state index in [4.69, 9.17) is 4.74 Å². The Morgan fingerprint density at radius 1 is 0.964 bits per heavy atom. The van der Waals surface area contributed by atoms with Gasteiger partial charge in [0.2, 0.25) is 21.8 Å². The van der Waals surface area contributed by atoms with Crippen LogP contribution in [0.4, 0.5) is 11.4 Å². The topological polar surface area (TPSA) is 105 Å². The van der Waals surface area contributed by atoms with Crippen LogP contribution in [0.15, 0.2) is 53.4 Å². The molecule has 0 saturated heterocycles. The third-order valence-corrected chi connectivity index (χ3v) is 5.52. The maximum absolute atomic E-state index is 12.6. The standard InChI is InChI=1S/C19H23N3O5S/c1-4-27-17-9-11-18(12-10-17)28(25,26)22(3)13-19(24)21-16-7-5-15(6-8-16)20-14(2)23/h5-12H,4,13H2,1-3H3,(H,20,23)(H,21,24). The SMILES string of the molecule is CCOc1ccc(S(=O)(=O)N(C)CC(=O)Nc2ccc(NC(C)=O)cc2)cc1. The van der Waals surface area contributed by atoms with Crippen molar-refractivity contribution in [3.8, 4) is 5.75 Å². The van der Waals surface area contributed by atoms with Gasteiger partial charge in [-0.3, -0.25) is 9.59 Å². The van der Waals surface area contributed by atoms with Gasteiger partial charge in [-0.25, -0.2) is 8.42 Å². The summed E-state index contributed by atoms with van der Waals surface area (Å²) in [6.07, 6.45) is 0. The second-order valence-corrected chi connectivity index (χ2v) is 8.02. The fraction of sp³-hybridized carbons (Fsp3) is 0.263.